The van der Waals surface area contributed by atoms with Gasteiger partial charge in [0.1, 0.15) is 18.1 Å². The number of ether oxygens (including phenoxy) is 2. The highest BCUT2D eigenvalue weighted by molar-refractivity contribution is 6.04. The highest BCUT2D eigenvalue weighted by Crippen LogP contribution is 2.42. The zero-order valence-electron chi connectivity index (χ0n) is 15.6. The number of carbonyl (C=O) groups is 4. The molecule has 0 heterocycles. The minimum atomic E-state index is -1.26. The fourth-order valence-corrected chi connectivity index (χ4v) is 2.73. The Morgan fingerprint density at radius 2 is 1.93 bits per heavy atom. The number of carboxylic acids is 1. The number of unbranched alkanes of at least 4 members (excludes halogenated alkanes) is 1. The first-order chi connectivity index (χ1) is 12.9. The first kappa shape index (κ1) is 22.5. The average Bonchev–Trinajstić information content (AvgIpc) is 2.57. The molecule has 9 nitrogen and oxygen atoms in total. The van der Waals surface area contributed by atoms with Gasteiger partial charge < -0.3 is 25.2 Å². The van der Waals surface area contributed by atoms with E-state index < -0.39 is 35.4 Å². The summed E-state index contributed by atoms with van der Waals surface area (Å²) in [6.07, 6.45) is 3.49. The van der Waals surface area contributed by atoms with Crippen LogP contribution in [0.2, 0.25) is 0 Å². The van der Waals surface area contributed by atoms with Gasteiger partial charge in [-0.05, 0) is 39.0 Å². The molecule has 152 valence electrons. The first-order valence-electron chi connectivity index (χ1n) is 9.10. The molecule has 1 aliphatic rings. The molecule has 0 aromatic rings. The normalized spacial score (nSPS) is 15.6. The van der Waals surface area contributed by atoms with Crippen molar-refractivity contribution < 1.29 is 33.8 Å². The van der Waals surface area contributed by atoms with Crippen LogP contribution in [0, 0.1) is 5.41 Å². The Hall–Kier alpha value is -2.58. The molecular formula is C18H28N2O7. The van der Waals surface area contributed by atoms with Crippen molar-refractivity contribution in [2.45, 2.75) is 51.5 Å². The Kier molecular flexibility index (Phi) is 9.32. The summed E-state index contributed by atoms with van der Waals surface area (Å²) in [4.78, 5) is 47.3. The number of aliphatic carboxylic acids is 1. The Balaban J connectivity index is 2.44. The molecule has 2 amide bonds. The van der Waals surface area contributed by atoms with Gasteiger partial charge in [0.15, 0.2) is 0 Å². The zero-order chi connectivity index (χ0) is 20.3. The van der Waals surface area contributed by atoms with Gasteiger partial charge in [0.25, 0.3) is 0 Å². The van der Waals surface area contributed by atoms with E-state index in [9.17, 15) is 24.3 Å². The van der Waals surface area contributed by atoms with Crippen LogP contribution in [0.3, 0.4) is 0 Å². The molecule has 1 rings (SSSR count). The van der Waals surface area contributed by atoms with Gasteiger partial charge in [0.05, 0.1) is 6.61 Å². The largest absolute Gasteiger partial charge is 0.480 e. The zero-order valence-corrected chi connectivity index (χ0v) is 15.6. The van der Waals surface area contributed by atoms with Crippen molar-refractivity contribution >= 4 is 23.9 Å². The fourth-order valence-electron chi connectivity index (χ4n) is 2.73. The van der Waals surface area contributed by atoms with E-state index in [1.165, 1.54) is 6.08 Å². The minimum Gasteiger partial charge on any atom is -0.480 e. The highest BCUT2D eigenvalue weighted by atomic mass is 16.5. The molecule has 0 bridgehead atoms. The van der Waals surface area contributed by atoms with Crippen molar-refractivity contribution in [3.63, 3.8) is 0 Å². The van der Waals surface area contributed by atoms with Gasteiger partial charge in [-0.15, -0.1) is 0 Å². The van der Waals surface area contributed by atoms with Gasteiger partial charge in [-0.1, -0.05) is 19.1 Å². The van der Waals surface area contributed by atoms with Crippen LogP contribution in [0.15, 0.2) is 12.7 Å². The number of carbonyl (C=O) groups excluding carboxylic acids is 3. The Morgan fingerprint density at radius 1 is 1.22 bits per heavy atom. The van der Waals surface area contributed by atoms with E-state index in [0.29, 0.717) is 32.2 Å². The molecule has 0 aliphatic heterocycles. The van der Waals surface area contributed by atoms with E-state index in [1.54, 1.807) is 6.92 Å². The summed E-state index contributed by atoms with van der Waals surface area (Å²) < 4.78 is 9.72. The first-order valence-corrected chi connectivity index (χ1v) is 9.10. The molecule has 3 N–H and O–H groups in total. The van der Waals surface area contributed by atoms with Gasteiger partial charge >= 0.3 is 18.0 Å². The molecule has 1 saturated carbocycles. The molecule has 0 radical (unpaired) electrons. The van der Waals surface area contributed by atoms with Gasteiger partial charge in [0, 0.05) is 6.54 Å². The molecule has 0 saturated heterocycles. The second kappa shape index (κ2) is 11.2. The van der Waals surface area contributed by atoms with Crippen LogP contribution in [-0.2, 0) is 23.9 Å². The minimum absolute atomic E-state index is 0.112. The topological polar surface area (TPSA) is 131 Å². The van der Waals surface area contributed by atoms with Crippen LogP contribution in [0.1, 0.15) is 45.4 Å². The van der Waals surface area contributed by atoms with Crippen LogP contribution in [0.5, 0.6) is 0 Å². The summed E-state index contributed by atoms with van der Waals surface area (Å²) >= 11 is 0. The third kappa shape index (κ3) is 6.58. The maximum absolute atomic E-state index is 12.5. The summed E-state index contributed by atoms with van der Waals surface area (Å²) in [5, 5.41) is 14.3. The third-order valence-electron chi connectivity index (χ3n) is 4.43. The second-order valence-electron chi connectivity index (χ2n) is 6.33. The fraction of sp³-hybridized carbons (Fsp3) is 0.667. The number of esters is 1. The van der Waals surface area contributed by atoms with Crippen LogP contribution in [0.25, 0.3) is 0 Å². The lowest BCUT2D eigenvalue weighted by Gasteiger charge is -2.38. The number of hydrogen-bond donors (Lipinski definition) is 3. The Bertz CT molecular complexity index is 558. The predicted molar refractivity (Wildman–Crippen MR) is 95.9 cm³/mol. The lowest BCUT2D eigenvalue weighted by molar-refractivity contribution is -0.168. The monoisotopic (exact) mass is 384 g/mol. The Labute approximate surface area is 158 Å². The van der Waals surface area contributed by atoms with Crippen LogP contribution >= 0.6 is 0 Å². The molecule has 0 aromatic heterocycles. The lowest BCUT2D eigenvalue weighted by atomic mass is 9.68. The number of hydrogen-bond acceptors (Lipinski definition) is 6. The van der Waals surface area contributed by atoms with Crippen molar-refractivity contribution in [2.24, 2.45) is 5.41 Å². The quantitative estimate of drug-likeness (QED) is 0.200. The molecule has 0 aromatic carbocycles. The summed E-state index contributed by atoms with van der Waals surface area (Å²) in [7, 11) is 0. The van der Waals surface area contributed by atoms with E-state index in [1.807, 2.05) is 0 Å². The van der Waals surface area contributed by atoms with Crippen molar-refractivity contribution in [3.8, 4) is 0 Å². The molecule has 1 atom stereocenters. The maximum atomic E-state index is 12.5. The van der Waals surface area contributed by atoms with E-state index in [-0.39, 0.29) is 19.6 Å². The Morgan fingerprint density at radius 3 is 2.44 bits per heavy atom. The molecule has 1 aliphatic carbocycles. The van der Waals surface area contributed by atoms with Crippen molar-refractivity contribution in [2.75, 3.05) is 19.8 Å². The lowest BCUT2D eigenvalue weighted by Crippen LogP contribution is -2.55. The van der Waals surface area contributed by atoms with E-state index in [0.717, 1.165) is 6.42 Å². The van der Waals surface area contributed by atoms with Gasteiger partial charge in [-0.2, -0.15) is 0 Å². The van der Waals surface area contributed by atoms with E-state index in [4.69, 9.17) is 9.47 Å². The smallest absolute Gasteiger partial charge is 0.407 e. The van der Waals surface area contributed by atoms with Gasteiger partial charge in [-0.25, -0.2) is 9.59 Å². The van der Waals surface area contributed by atoms with Crippen molar-refractivity contribution in [1.29, 1.82) is 0 Å². The summed E-state index contributed by atoms with van der Waals surface area (Å²) in [5.41, 5.74) is -1.26. The molecule has 1 fully saturated rings. The molecule has 0 unspecified atom stereocenters. The maximum Gasteiger partial charge on any atom is 0.407 e. The number of carboxylic acid groups (broad SMARTS) is 1. The average molecular weight is 384 g/mol. The summed E-state index contributed by atoms with van der Waals surface area (Å²) in [6.45, 7) is 5.68. The standard InChI is InChI=1S/C18H28N2O7/c1-3-12-27-17(25)19-11-6-5-8-13(14(21)22)20-15(23)18(9-7-10-18)16(24)26-4-2/h3,13H,1,4-12H2,2H3,(H,19,25)(H,20,23)(H,21,22)/t13-/m0/s1. The van der Waals surface area contributed by atoms with Crippen molar-refractivity contribution in [1.82, 2.24) is 10.6 Å². The van der Waals surface area contributed by atoms with Crippen LogP contribution < -0.4 is 10.6 Å². The number of rotatable bonds is 12. The van der Waals surface area contributed by atoms with Crippen LogP contribution in [-0.4, -0.2) is 54.8 Å². The summed E-state index contributed by atoms with van der Waals surface area (Å²) in [5.74, 6) is -2.36. The number of alkyl carbamates (subject to hydrolysis) is 1. The predicted octanol–water partition coefficient (Wildman–Crippen LogP) is 1.37. The summed E-state index contributed by atoms with van der Waals surface area (Å²) in [6, 6.07) is -1.10. The molecular weight excluding hydrogens is 356 g/mol. The van der Waals surface area contributed by atoms with Gasteiger partial charge in [0.2, 0.25) is 5.91 Å². The highest BCUT2D eigenvalue weighted by Gasteiger charge is 2.52. The SMILES string of the molecule is C=CCOC(=O)NCCCC[C@H](NC(=O)C1(C(=O)OCC)CCC1)C(=O)O. The van der Waals surface area contributed by atoms with E-state index in [2.05, 4.69) is 17.2 Å². The molecule has 0 spiro atoms. The third-order valence-corrected chi connectivity index (χ3v) is 4.43. The number of nitrogens with one attached hydrogen (secondary N) is 2. The second-order valence-corrected chi connectivity index (χ2v) is 6.33. The molecule has 9 heteroatoms. The number of amides is 2. The molecule has 27 heavy (non-hydrogen) atoms. The van der Waals surface area contributed by atoms with Gasteiger partial charge in [-0.3, -0.25) is 9.59 Å². The van der Waals surface area contributed by atoms with E-state index >= 15 is 0 Å². The van der Waals surface area contributed by atoms with Crippen LogP contribution in [0.4, 0.5) is 4.79 Å². The van der Waals surface area contributed by atoms with Crippen molar-refractivity contribution in [3.05, 3.63) is 12.7 Å².